The van der Waals surface area contributed by atoms with Gasteiger partial charge in [0.2, 0.25) is 0 Å². The fourth-order valence-corrected chi connectivity index (χ4v) is 5.07. The van der Waals surface area contributed by atoms with Crippen LogP contribution >= 0.6 is 11.3 Å². The summed E-state index contributed by atoms with van der Waals surface area (Å²) in [6, 6.07) is 7.84. The third kappa shape index (κ3) is 4.38. The van der Waals surface area contributed by atoms with Crippen molar-refractivity contribution >= 4 is 39.5 Å². The van der Waals surface area contributed by atoms with Gasteiger partial charge in [0, 0.05) is 19.2 Å². The number of hydrogen-bond acceptors (Lipinski definition) is 5. The van der Waals surface area contributed by atoms with Crippen molar-refractivity contribution in [1.29, 1.82) is 0 Å². The van der Waals surface area contributed by atoms with E-state index in [1.165, 1.54) is 43.1 Å². The van der Waals surface area contributed by atoms with Crippen LogP contribution in [0.15, 0.2) is 30.3 Å². The molecule has 1 aromatic carbocycles. The standard InChI is InChI=1S/C21H24N2O3S/c24-20(23-12-11-15-5-1-2-6-16(15)13-23)14-26-21(25)10-9-19-22-17-7-3-4-8-18(17)27-19/h3-4,7-10,15-16H,1-2,5-6,11-14H2/b10-9+/t15-,16-/m1/s1. The van der Waals surface area contributed by atoms with Crippen LogP contribution in [0.4, 0.5) is 0 Å². The highest BCUT2D eigenvalue weighted by molar-refractivity contribution is 7.19. The Hall–Kier alpha value is -2.21. The van der Waals surface area contributed by atoms with Crippen molar-refractivity contribution in [3.63, 3.8) is 0 Å². The molecule has 27 heavy (non-hydrogen) atoms. The second kappa shape index (κ2) is 8.21. The van der Waals surface area contributed by atoms with Crippen LogP contribution in [0.1, 0.15) is 37.1 Å². The summed E-state index contributed by atoms with van der Waals surface area (Å²) in [5.74, 6) is 0.823. The predicted molar refractivity (Wildman–Crippen MR) is 106 cm³/mol. The van der Waals surface area contributed by atoms with Crippen molar-refractivity contribution in [3.05, 3.63) is 35.3 Å². The fourth-order valence-electron chi connectivity index (χ4n) is 4.20. The Bertz CT molecular complexity index is 827. The number of nitrogens with zero attached hydrogens (tertiary/aromatic N) is 2. The van der Waals surface area contributed by atoms with E-state index in [-0.39, 0.29) is 12.5 Å². The van der Waals surface area contributed by atoms with E-state index >= 15 is 0 Å². The molecule has 6 heteroatoms. The van der Waals surface area contributed by atoms with Gasteiger partial charge in [0.25, 0.3) is 5.91 Å². The third-order valence-electron chi connectivity index (χ3n) is 5.65. The number of para-hydroxylation sites is 1. The number of aromatic nitrogens is 1. The summed E-state index contributed by atoms with van der Waals surface area (Å²) in [4.78, 5) is 30.6. The number of thiazole rings is 1. The molecule has 1 aromatic heterocycles. The number of carbonyl (C=O) groups is 2. The molecule has 2 aliphatic rings. The van der Waals surface area contributed by atoms with Crippen molar-refractivity contribution in [3.8, 4) is 0 Å². The number of carbonyl (C=O) groups excluding carboxylic acids is 2. The minimum Gasteiger partial charge on any atom is -0.452 e. The second-order valence-electron chi connectivity index (χ2n) is 7.39. The third-order valence-corrected chi connectivity index (χ3v) is 6.66. The molecule has 0 N–H and O–H groups in total. The smallest absolute Gasteiger partial charge is 0.331 e. The molecule has 1 amide bonds. The Balaban J connectivity index is 1.26. The lowest BCUT2D eigenvalue weighted by Crippen LogP contribution is -2.46. The Kier molecular flexibility index (Phi) is 5.53. The zero-order valence-corrected chi connectivity index (χ0v) is 16.1. The van der Waals surface area contributed by atoms with Crippen LogP contribution in [0.25, 0.3) is 16.3 Å². The Morgan fingerprint density at radius 1 is 1.19 bits per heavy atom. The number of piperidine rings is 1. The summed E-state index contributed by atoms with van der Waals surface area (Å²) < 4.78 is 6.22. The van der Waals surface area contributed by atoms with Crippen molar-refractivity contribution < 1.29 is 14.3 Å². The number of esters is 1. The molecular weight excluding hydrogens is 360 g/mol. The molecule has 0 spiro atoms. The first-order valence-corrected chi connectivity index (χ1v) is 10.5. The number of ether oxygens (including phenoxy) is 1. The first kappa shape index (κ1) is 18.2. The van der Waals surface area contributed by atoms with Gasteiger partial charge in [-0.25, -0.2) is 9.78 Å². The molecule has 2 heterocycles. The molecule has 2 fully saturated rings. The van der Waals surface area contributed by atoms with Gasteiger partial charge in [0.1, 0.15) is 5.01 Å². The van der Waals surface area contributed by atoms with Crippen LogP contribution in [0.2, 0.25) is 0 Å². The Morgan fingerprint density at radius 2 is 2.00 bits per heavy atom. The molecule has 4 rings (SSSR count). The summed E-state index contributed by atoms with van der Waals surface area (Å²) >= 11 is 1.52. The lowest BCUT2D eigenvalue weighted by molar-refractivity contribution is -0.149. The van der Waals surface area contributed by atoms with Crippen molar-refractivity contribution in [2.45, 2.75) is 32.1 Å². The predicted octanol–water partition coefficient (Wildman–Crippen LogP) is 3.89. The van der Waals surface area contributed by atoms with Gasteiger partial charge in [-0.15, -0.1) is 11.3 Å². The number of hydrogen-bond donors (Lipinski definition) is 0. The van der Waals surface area contributed by atoms with E-state index in [9.17, 15) is 9.59 Å². The second-order valence-corrected chi connectivity index (χ2v) is 8.46. The molecule has 0 unspecified atom stereocenters. The molecule has 2 aromatic rings. The molecule has 1 saturated carbocycles. The molecule has 1 aliphatic heterocycles. The molecule has 1 saturated heterocycles. The minimum atomic E-state index is -0.504. The average molecular weight is 385 g/mol. The van der Waals surface area contributed by atoms with Gasteiger partial charge < -0.3 is 9.64 Å². The molecule has 5 nitrogen and oxygen atoms in total. The molecule has 142 valence electrons. The van der Waals surface area contributed by atoms with Crippen molar-refractivity contribution in [2.75, 3.05) is 19.7 Å². The van der Waals surface area contributed by atoms with Gasteiger partial charge in [0.05, 0.1) is 10.2 Å². The monoisotopic (exact) mass is 384 g/mol. The maximum absolute atomic E-state index is 12.4. The maximum Gasteiger partial charge on any atom is 0.331 e. The average Bonchev–Trinajstić information content (AvgIpc) is 3.13. The van der Waals surface area contributed by atoms with Crippen molar-refractivity contribution in [1.82, 2.24) is 9.88 Å². The SMILES string of the molecule is O=C(/C=C/c1nc2ccccc2s1)OCC(=O)N1CC[C@H]2CCCC[C@@H]2C1. The van der Waals surface area contributed by atoms with Crippen LogP contribution in [0.5, 0.6) is 0 Å². The lowest BCUT2D eigenvalue weighted by atomic mass is 9.75. The molecular formula is C21H24N2O3S. The number of likely N-dealkylation sites (tertiary alicyclic amines) is 1. The molecule has 0 radical (unpaired) electrons. The van der Waals surface area contributed by atoms with Gasteiger partial charge in [-0.3, -0.25) is 4.79 Å². The van der Waals surface area contributed by atoms with Gasteiger partial charge in [-0.05, 0) is 42.9 Å². The summed E-state index contributed by atoms with van der Waals surface area (Å²) in [7, 11) is 0. The molecule has 2 atom stereocenters. The van der Waals surface area contributed by atoms with E-state index < -0.39 is 5.97 Å². The van der Waals surface area contributed by atoms with E-state index in [2.05, 4.69) is 4.98 Å². The first-order chi connectivity index (χ1) is 13.2. The highest BCUT2D eigenvalue weighted by Crippen LogP contribution is 2.36. The summed E-state index contributed by atoms with van der Waals surface area (Å²) in [5.41, 5.74) is 0.914. The van der Waals surface area contributed by atoms with Gasteiger partial charge in [0.15, 0.2) is 6.61 Å². The zero-order valence-electron chi connectivity index (χ0n) is 15.3. The van der Waals surface area contributed by atoms with Crippen molar-refractivity contribution in [2.24, 2.45) is 11.8 Å². The van der Waals surface area contributed by atoms with Crippen LogP contribution < -0.4 is 0 Å². The van der Waals surface area contributed by atoms with Gasteiger partial charge >= 0.3 is 5.97 Å². The van der Waals surface area contributed by atoms with E-state index in [0.29, 0.717) is 5.92 Å². The van der Waals surface area contributed by atoms with E-state index in [1.807, 2.05) is 29.2 Å². The normalized spacial score (nSPS) is 22.7. The highest BCUT2D eigenvalue weighted by atomic mass is 32.1. The number of fused-ring (bicyclic) bond motifs is 2. The van der Waals surface area contributed by atoms with E-state index in [1.54, 1.807) is 6.08 Å². The summed E-state index contributed by atoms with van der Waals surface area (Å²) in [6.45, 7) is 1.43. The largest absolute Gasteiger partial charge is 0.452 e. The maximum atomic E-state index is 12.4. The number of benzene rings is 1. The summed E-state index contributed by atoms with van der Waals surface area (Å²) in [5, 5.41) is 0.749. The lowest BCUT2D eigenvalue weighted by Gasteiger charge is -2.41. The minimum absolute atomic E-state index is 0.0826. The van der Waals surface area contributed by atoms with Crippen LogP contribution in [-0.2, 0) is 14.3 Å². The molecule has 1 aliphatic carbocycles. The van der Waals surface area contributed by atoms with Gasteiger partial charge in [-0.2, -0.15) is 0 Å². The first-order valence-electron chi connectivity index (χ1n) is 9.67. The van der Waals surface area contributed by atoms with Crippen LogP contribution in [-0.4, -0.2) is 41.5 Å². The van der Waals surface area contributed by atoms with E-state index in [0.717, 1.165) is 40.7 Å². The summed E-state index contributed by atoms with van der Waals surface area (Å²) in [6.07, 6.45) is 9.20. The van der Waals surface area contributed by atoms with Crippen LogP contribution in [0.3, 0.4) is 0 Å². The number of rotatable bonds is 4. The quantitative estimate of drug-likeness (QED) is 0.593. The number of amides is 1. The van der Waals surface area contributed by atoms with E-state index in [4.69, 9.17) is 4.74 Å². The Morgan fingerprint density at radius 3 is 2.85 bits per heavy atom. The topological polar surface area (TPSA) is 59.5 Å². The van der Waals surface area contributed by atoms with Gasteiger partial charge in [-0.1, -0.05) is 31.4 Å². The zero-order chi connectivity index (χ0) is 18.6. The molecule has 0 bridgehead atoms. The fraction of sp³-hybridized carbons (Fsp3) is 0.476. The highest BCUT2D eigenvalue weighted by Gasteiger charge is 2.32. The Labute approximate surface area is 163 Å². The van der Waals surface area contributed by atoms with Crippen LogP contribution in [0, 0.1) is 11.8 Å².